The molecule has 1 saturated carbocycles. The van der Waals surface area contributed by atoms with E-state index < -0.39 is 12.1 Å². The third kappa shape index (κ3) is 5.68. The molecule has 3 aliphatic rings. The predicted molar refractivity (Wildman–Crippen MR) is 94.7 cm³/mol. The van der Waals surface area contributed by atoms with Gasteiger partial charge in [-0.1, -0.05) is 18.2 Å². The van der Waals surface area contributed by atoms with E-state index in [9.17, 15) is 18.0 Å². The molecule has 0 aromatic heterocycles. The molecule has 2 N–H and O–H groups in total. The average Bonchev–Trinajstić information content (AvgIpc) is 3.38. The summed E-state index contributed by atoms with van der Waals surface area (Å²) in [6, 6.07) is 9.70. The van der Waals surface area contributed by atoms with E-state index in [4.69, 9.17) is 14.6 Å². The van der Waals surface area contributed by atoms with Crippen LogP contribution >= 0.6 is 0 Å². The Labute approximate surface area is 160 Å². The third-order valence-corrected chi connectivity index (χ3v) is 5.07. The van der Waals surface area contributed by atoms with E-state index in [1.54, 1.807) is 0 Å². The Balaban J connectivity index is 0.000000279. The van der Waals surface area contributed by atoms with Gasteiger partial charge in [0.15, 0.2) is 0 Å². The molecule has 1 aromatic carbocycles. The molecule has 2 saturated heterocycles. The van der Waals surface area contributed by atoms with Gasteiger partial charge in [0, 0.05) is 25.3 Å². The maximum absolute atomic E-state index is 12.5. The molecular formula is C19H23F3N2O4. The zero-order chi connectivity index (χ0) is 20.3. The second-order valence-corrected chi connectivity index (χ2v) is 7.46. The molecule has 0 spiro atoms. The normalized spacial score (nSPS) is 26.9. The number of nitrogens with zero attached hydrogens (tertiary/aromatic N) is 1. The minimum absolute atomic E-state index is 0.000547. The summed E-state index contributed by atoms with van der Waals surface area (Å²) in [5.41, 5.74) is 0.874. The first-order valence-electron chi connectivity index (χ1n) is 9.26. The van der Waals surface area contributed by atoms with E-state index in [0.29, 0.717) is 0 Å². The van der Waals surface area contributed by atoms with Crippen LogP contribution in [0.15, 0.2) is 30.3 Å². The van der Waals surface area contributed by atoms with E-state index in [0.717, 1.165) is 31.1 Å². The Bertz CT molecular complexity index is 694. The second-order valence-electron chi connectivity index (χ2n) is 7.46. The van der Waals surface area contributed by atoms with Gasteiger partial charge in [0.25, 0.3) is 0 Å². The lowest BCUT2D eigenvalue weighted by Gasteiger charge is -2.32. The van der Waals surface area contributed by atoms with E-state index in [-0.39, 0.29) is 24.0 Å². The molecule has 0 unspecified atom stereocenters. The number of halogens is 3. The molecule has 2 aliphatic heterocycles. The highest BCUT2D eigenvalue weighted by molar-refractivity contribution is 5.93. The van der Waals surface area contributed by atoms with Crippen LogP contribution in [0.3, 0.4) is 0 Å². The number of rotatable bonds is 4. The number of alkyl halides is 3. The van der Waals surface area contributed by atoms with E-state index in [1.165, 1.54) is 19.4 Å². The minimum atomic E-state index is -5.08. The second kappa shape index (κ2) is 8.48. The number of ether oxygens (including phenoxy) is 1. The largest absolute Gasteiger partial charge is 0.490 e. The molecule has 3 atom stereocenters. The molecule has 3 fully saturated rings. The number of benzene rings is 1. The van der Waals surface area contributed by atoms with Crippen molar-refractivity contribution in [3.63, 3.8) is 0 Å². The summed E-state index contributed by atoms with van der Waals surface area (Å²) in [7, 11) is 0. The van der Waals surface area contributed by atoms with Crippen molar-refractivity contribution < 1.29 is 32.6 Å². The van der Waals surface area contributed by atoms with Crippen molar-refractivity contribution in [3.05, 3.63) is 30.3 Å². The van der Waals surface area contributed by atoms with Crippen LogP contribution in [-0.4, -0.2) is 59.9 Å². The van der Waals surface area contributed by atoms with Crippen molar-refractivity contribution in [1.29, 1.82) is 0 Å². The molecule has 2 bridgehead atoms. The molecule has 4 rings (SSSR count). The quantitative estimate of drug-likeness (QED) is 0.813. The van der Waals surface area contributed by atoms with Gasteiger partial charge in [-0.05, 0) is 37.3 Å². The lowest BCUT2D eigenvalue weighted by molar-refractivity contribution is -0.192. The maximum Gasteiger partial charge on any atom is 0.490 e. The molecule has 28 heavy (non-hydrogen) atoms. The van der Waals surface area contributed by atoms with Crippen LogP contribution in [0.5, 0.6) is 0 Å². The van der Waals surface area contributed by atoms with Gasteiger partial charge in [-0.3, -0.25) is 9.69 Å². The topological polar surface area (TPSA) is 78.9 Å². The number of morpholine rings is 1. The number of hydrogen-bond acceptors (Lipinski definition) is 4. The van der Waals surface area contributed by atoms with Gasteiger partial charge < -0.3 is 15.2 Å². The molecule has 1 aliphatic carbocycles. The molecule has 1 aromatic rings. The average molecular weight is 400 g/mol. The van der Waals surface area contributed by atoms with Gasteiger partial charge in [-0.15, -0.1) is 0 Å². The first kappa shape index (κ1) is 20.6. The Kier molecular flexibility index (Phi) is 6.24. The number of amides is 1. The monoisotopic (exact) mass is 400 g/mol. The van der Waals surface area contributed by atoms with E-state index in [1.807, 2.05) is 30.3 Å². The first-order chi connectivity index (χ1) is 13.2. The summed E-state index contributed by atoms with van der Waals surface area (Å²) in [6.45, 7) is 3.12. The van der Waals surface area contributed by atoms with Crippen LogP contribution in [0.25, 0.3) is 0 Å². The van der Waals surface area contributed by atoms with Crippen molar-refractivity contribution in [1.82, 2.24) is 4.90 Å². The number of fused-ring (bicyclic) bond motifs is 2. The minimum Gasteiger partial charge on any atom is -0.475 e. The van der Waals surface area contributed by atoms with Crippen molar-refractivity contribution in [2.45, 2.75) is 37.6 Å². The summed E-state index contributed by atoms with van der Waals surface area (Å²) in [5.74, 6) is -1.74. The predicted octanol–water partition coefficient (Wildman–Crippen LogP) is 2.76. The summed E-state index contributed by atoms with van der Waals surface area (Å²) in [4.78, 5) is 23.9. The number of para-hydroxylation sites is 1. The van der Waals surface area contributed by atoms with Crippen molar-refractivity contribution in [2.75, 3.05) is 25.0 Å². The Hall–Kier alpha value is -2.13. The van der Waals surface area contributed by atoms with Crippen LogP contribution in [0.4, 0.5) is 18.9 Å². The molecular weight excluding hydrogens is 377 g/mol. The Morgan fingerprint density at radius 1 is 1.18 bits per heavy atom. The standard InChI is InChI=1S/C17H22N2O2.C2HF3O2/c20-17(18-13-4-2-1-3-5-13)15-8-14-10-19(9-12-6-7-12)11-16(15)21-14;3-2(4,5)1(6)7/h1-5,12,14-16H,6-11H2,(H,18,20);(H,6,7)/t14-,15+,16-;/m1./s1. The number of likely N-dealkylation sites (tertiary alicyclic amines) is 1. The lowest BCUT2D eigenvalue weighted by Crippen LogP contribution is -2.45. The smallest absolute Gasteiger partial charge is 0.475 e. The van der Waals surface area contributed by atoms with E-state index >= 15 is 0 Å². The lowest BCUT2D eigenvalue weighted by atomic mass is 9.99. The number of nitrogens with one attached hydrogen (secondary N) is 1. The van der Waals surface area contributed by atoms with Crippen molar-refractivity contribution in [2.24, 2.45) is 11.8 Å². The van der Waals surface area contributed by atoms with Crippen LogP contribution in [0.1, 0.15) is 19.3 Å². The number of carboxylic acids is 1. The van der Waals surface area contributed by atoms with Gasteiger partial charge in [-0.2, -0.15) is 13.2 Å². The fourth-order valence-electron chi connectivity index (χ4n) is 3.58. The van der Waals surface area contributed by atoms with Crippen molar-refractivity contribution >= 4 is 17.6 Å². The highest BCUT2D eigenvalue weighted by Crippen LogP contribution is 2.36. The van der Waals surface area contributed by atoms with Gasteiger partial charge in [0.05, 0.1) is 18.1 Å². The van der Waals surface area contributed by atoms with Crippen LogP contribution in [0.2, 0.25) is 0 Å². The fraction of sp³-hybridized carbons (Fsp3) is 0.579. The zero-order valence-electron chi connectivity index (χ0n) is 15.2. The summed E-state index contributed by atoms with van der Waals surface area (Å²) in [6.07, 6.45) is -1.14. The number of hydrogen-bond donors (Lipinski definition) is 2. The highest BCUT2D eigenvalue weighted by atomic mass is 19.4. The van der Waals surface area contributed by atoms with Crippen LogP contribution < -0.4 is 5.32 Å². The Morgan fingerprint density at radius 2 is 1.82 bits per heavy atom. The highest BCUT2D eigenvalue weighted by Gasteiger charge is 2.45. The Morgan fingerprint density at radius 3 is 2.39 bits per heavy atom. The molecule has 6 nitrogen and oxygen atoms in total. The summed E-state index contributed by atoms with van der Waals surface area (Å²) < 4.78 is 37.7. The van der Waals surface area contributed by atoms with Gasteiger partial charge in [-0.25, -0.2) is 4.79 Å². The van der Waals surface area contributed by atoms with Gasteiger partial charge in [0.1, 0.15) is 0 Å². The fourth-order valence-corrected chi connectivity index (χ4v) is 3.58. The number of carboxylic acid groups (broad SMARTS) is 1. The molecule has 2 heterocycles. The summed E-state index contributed by atoms with van der Waals surface area (Å²) in [5, 5.41) is 10.2. The summed E-state index contributed by atoms with van der Waals surface area (Å²) >= 11 is 0. The number of anilines is 1. The number of carbonyl (C=O) groups is 2. The number of carbonyl (C=O) groups excluding carboxylic acids is 1. The number of aliphatic carboxylic acids is 1. The molecule has 1 amide bonds. The molecule has 0 radical (unpaired) electrons. The van der Waals surface area contributed by atoms with Crippen LogP contribution in [0, 0.1) is 11.8 Å². The van der Waals surface area contributed by atoms with Gasteiger partial charge >= 0.3 is 12.1 Å². The van der Waals surface area contributed by atoms with Crippen LogP contribution in [-0.2, 0) is 14.3 Å². The third-order valence-electron chi connectivity index (χ3n) is 5.07. The van der Waals surface area contributed by atoms with Gasteiger partial charge in [0.2, 0.25) is 5.91 Å². The maximum atomic E-state index is 12.5. The zero-order valence-corrected chi connectivity index (χ0v) is 15.2. The van der Waals surface area contributed by atoms with E-state index in [2.05, 4.69) is 10.2 Å². The molecule has 9 heteroatoms. The van der Waals surface area contributed by atoms with Crippen molar-refractivity contribution in [3.8, 4) is 0 Å². The first-order valence-corrected chi connectivity index (χ1v) is 9.26. The SMILES string of the molecule is O=C(Nc1ccccc1)[C@H]1C[C@@H]2CN(CC3CC3)C[C@H]1O2.O=C(O)C(F)(F)F. The molecule has 154 valence electrons.